The van der Waals surface area contributed by atoms with E-state index in [0.717, 1.165) is 6.42 Å². The fourth-order valence-electron chi connectivity index (χ4n) is 2.45. The summed E-state index contributed by atoms with van der Waals surface area (Å²) in [6, 6.07) is 3.62. The zero-order valence-electron chi connectivity index (χ0n) is 12.5. The van der Waals surface area contributed by atoms with Gasteiger partial charge < -0.3 is 14.8 Å². The molecular weight excluding hydrogens is 320 g/mol. The Labute approximate surface area is 134 Å². The van der Waals surface area contributed by atoms with E-state index in [1.165, 1.54) is 12.1 Å². The Morgan fingerprint density at radius 3 is 2.70 bits per heavy atom. The Morgan fingerprint density at radius 2 is 1.96 bits per heavy atom. The van der Waals surface area contributed by atoms with Crippen molar-refractivity contribution in [2.75, 3.05) is 13.2 Å². The molecule has 0 saturated carbocycles. The lowest BCUT2D eigenvalue weighted by molar-refractivity contribution is -0.123. The fourth-order valence-corrected chi connectivity index (χ4v) is 3.70. The molecule has 1 aromatic carbocycles. The van der Waals surface area contributed by atoms with Crippen molar-refractivity contribution in [1.82, 2.24) is 10.0 Å². The number of amides is 1. The number of ether oxygens (including phenoxy) is 2. The molecule has 0 aromatic heterocycles. The summed E-state index contributed by atoms with van der Waals surface area (Å²) in [6.07, 6.45) is 1.66. The Hall–Kier alpha value is -2.06. The van der Waals surface area contributed by atoms with Crippen molar-refractivity contribution in [3.05, 3.63) is 30.5 Å². The van der Waals surface area contributed by atoms with Gasteiger partial charge in [0.1, 0.15) is 6.04 Å². The lowest BCUT2D eigenvalue weighted by atomic mass is 10.1. The summed E-state index contributed by atoms with van der Waals surface area (Å²) >= 11 is 0. The maximum absolute atomic E-state index is 12.5. The third kappa shape index (κ3) is 3.48. The van der Waals surface area contributed by atoms with Crippen LogP contribution in [-0.4, -0.2) is 33.6 Å². The van der Waals surface area contributed by atoms with Gasteiger partial charge in [0.15, 0.2) is 11.5 Å². The molecule has 7 nitrogen and oxygen atoms in total. The second-order valence-corrected chi connectivity index (χ2v) is 7.18. The fraction of sp³-hybridized carbons (Fsp3) is 0.400. The molecule has 1 aromatic rings. The molecule has 0 radical (unpaired) electrons. The molecule has 0 spiro atoms. The van der Waals surface area contributed by atoms with Gasteiger partial charge in [-0.1, -0.05) is 6.58 Å². The average molecular weight is 338 g/mol. The predicted molar refractivity (Wildman–Crippen MR) is 82.7 cm³/mol. The third-order valence-electron chi connectivity index (χ3n) is 3.68. The molecule has 1 atom stereocenters. The molecule has 1 fully saturated rings. The summed E-state index contributed by atoms with van der Waals surface area (Å²) in [7, 11) is -3.83. The van der Waals surface area contributed by atoms with Crippen molar-refractivity contribution in [2.45, 2.75) is 30.2 Å². The minimum Gasteiger partial charge on any atom is -0.490 e. The van der Waals surface area contributed by atoms with Gasteiger partial charge in [0.2, 0.25) is 15.9 Å². The van der Waals surface area contributed by atoms with Crippen molar-refractivity contribution in [3.8, 4) is 11.5 Å². The molecular formula is C15H18N2O5S. The number of sulfonamides is 1. The van der Waals surface area contributed by atoms with Gasteiger partial charge in [0, 0.05) is 18.2 Å². The summed E-state index contributed by atoms with van der Waals surface area (Å²) in [6.45, 7) is 4.67. The van der Waals surface area contributed by atoms with Crippen molar-refractivity contribution >= 4 is 15.9 Å². The first kappa shape index (κ1) is 15.8. The third-order valence-corrected chi connectivity index (χ3v) is 5.15. The predicted octanol–water partition coefficient (Wildman–Crippen LogP) is 0.918. The number of hydrogen-bond acceptors (Lipinski definition) is 5. The van der Waals surface area contributed by atoms with Crippen LogP contribution in [0.1, 0.15) is 19.3 Å². The van der Waals surface area contributed by atoms with Crippen LogP contribution in [0.4, 0.5) is 0 Å². The minimum absolute atomic E-state index is 0.0407. The maximum Gasteiger partial charge on any atom is 0.242 e. The number of benzene rings is 1. The summed E-state index contributed by atoms with van der Waals surface area (Å²) in [5, 5.41) is 2.56. The molecule has 2 aliphatic rings. The summed E-state index contributed by atoms with van der Waals surface area (Å²) in [5.74, 6) is 0.527. The molecule has 0 aliphatic carbocycles. The first-order chi connectivity index (χ1) is 11.0. The molecule has 23 heavy (non-hydrogen) atoms. The molecule has 2 N–H and O–H groups in total. The van der Waals surface area contributed by atoms with E-state index in [1.807, 2.05) is 0 Å². The van der Waals surface area contributed by atoms with Gasteiger partial charge in [-0.05, 0) is 25.0 Å². The average Bonchev–Trinajstić information content (AvgIpc) is 2.74. The SMILES string of the molecule is C=C1CCC(NS(=O)(=O)c2ccc3c(c2)OCCCO3)C(=O)N1. The van der Waals surface area contributed by atoms with Crippen molar-refractivity contribution in [2.24, 2.45) is 0 Å². The zero-order chi connectivity index (χ0) is 16.4. The number of fused-ring (bicyclic) bond motifs is 1. The largest absolute Gasteiger partial charge is 0.490 e. The Morgan fingerprint density at radius 1 is 1.22 bits per heavy atom. The summed E-state index contributed by atoms with van der Waals surface area (Å²) < 4.78 is 38.4. The van der Waals surface area contributed by atoms with Gasteiger partial charge >= 0.3 is 0 Å². The zero-order valence-corrected chi connectivity index (χ0v) is 13.3. The van der Waals surface area contributed by atoms with Crippen molar-refractivity contribution in [1.29, 1.82) is 0 Å². The van der Waals surface area contributed by atoms with Crippen LogP contribution < -0.4 is 19.5 Å². The highest BCUT2D eigenvalue weighted by Crippen LogP contribution is 2.32. The number of rotatable bonds is 3. The van der Waals surface area contributed by atoms with Gasteiger partial charge in [-0.2, -0.15) is 4.72 Å². The van der Waals surface area contributed by atoms with Crippen LogP contribution in [-0.2, 0) is 14.8 Å². The molecule has 124 valence electrons. The van der Waals surface area contributed by atoms with E-state index < -0.39 is 16.1 Å². The second kappa shape index (κ2) is 6.21. The topological polar surface area (TPSA) is 93.7 Å². The molecule has 3 rings (SSSR count). The number of carbonyl (C=O) groups is 1. The highest BCUT2D eigenvalue weighted by molar-refractivity contribution is 7.89. The molecule has 2 heterocycles. The second-order valence-electron chi connectivity index (χ2n) is 5.46. The van der Waals surface area contributed by atoms with E-state index in [4.69, 9.17) is 9.47 Å². The smallest absolute Gasteiger partial charge is 0.242 e. The Bertz CT molecular complexity index is 744. The normalized spacial score (nSPS) is 21.5. The molecule has 8 heteroatoms. The monoisotopic (exact) mass is 338 g/mol. The van der Waals surface area contributed by atoms with Crippen LogP contribution >= 0.6 is 0 Å². The van der Waals surface area contributed by atoms with Crippen molar-refractivity contribution < 1.29 is 22.7 Å². The molecule has 0 bridgehead atoms. The molecule has 1 unspecified atom stereocenters. The van der Waals surface area contributed by atoms with Crippen LogP contribution in [0.15, 0.2) is 35.4 Å². The van der Waals surface area contributed by atoms with E-state index in [1.54, 1.807) is 6.07 Å². The van der Waals surface area contributed by atoms with Gasteiger partial charge in [0.25, 0.3) is 0 Å². The quantitative estimate of drug-likeness (QED) is 0.855. The minimum atomic E-state index is -3.83. The Balaban J connectivity index is 1.81. The van der Waals surface area contributed by atoms with Crippen LogP contribution in [0.2, 0.25) is 0 Å². The number of allylic oxidation sites excluding steroid dienone is 1. The maximum atomic E-state index is 12.5. The summed E-state index contributed by atoms with van der Waals surface area (Å²) in [5.41, 5.74) is 0.598. The molecule has 2 aliphatic heterocycles. The summed E-state index contributed by atoms with van der Waals surface area (Å²) in [4.78, 5) is 11.9. The van der Waals surface area contributed by atoms with Crippen LogP contribution in [0, 0.1) is 0 Å². The van der Waals surface area contributed by atoms with Gasteiger partial charge in [0.05, 0.1) is 18.1 Å². The van der Waals surface area contributed by atoms with E-state index in [9.17, 15) is 13.2 Å². The highest BCUT2D eigenvalue weighted by atomic mass is 32.2. The number of nitrogens with one attached hydrogen (secondary N) is 2. The number of carbonyl (C=O) groups excluding carboxylic acids is 1. The van der Waals surface area contributed by atoms with Gasteiger partial charge in [-0.25, -0.2) is 8.42 Å². The van der Waals surface area contributed by atoms with Crippen LogP contribution in [0.25, 0.3) is 0 Å². The van der Waals surface area contributed by atoms with E-state index in [2.05, 4.69) is 16.6 Å². The van der Waals surface area contributed by atoms with Crippen molar-refractivity contribution in [3.63, 3.8) is 0 Å². The van der Waals surface area contributed by atoms with Gasteiger partial charge in [-0.15, -0.1) is 0 Å². The van der Waals surface area contributed by atoms with E-state index >= 15 is 0 Å². The molecule has 1 amide bonds. The van der Waals surface area contributed by atoms with E-state index in [-0.39, 0.29) is 10.8 Å². The lowest BCUT2D eigenvalue weighted by Crippen LogP contribution is -2.49. The Kier molecular flexibility index (Phi) is 4.27. The van der Waals surface area contributed by atoms with Crippen LogP contribution in [0.3, 0.4) is 0 Å². The lowest BCUT2D eigenvalue weighted by Gasteiger charge is -2.24. The van der Waals surface area contributed by atoms with Gasteiger partial charge in [-0.3, -0.25) is 4.79 Å². The number of hydrogen-bond donors (Lipinski definition) is 2. The standard InChI is InChI=1S/C15H18N2O5S/c1-10-3-5-12(15(18)16-10)17-23(19,20)11-4-6-13-14(9-11)22-8-2-7-21-13/h4,6,9,12,17H,1-3,5,7-8H2,(H,16,18). The molecule has 1 saturated heterocycles. The highest BCUT2D eigenvalue weighted by Gasteiger charge is 2.29. The van der Waals surface area contributed by atoms with Crippen LogP contribution in [0.5, 0.6) is 11.5 Å². The first-order valence-electron chi connectivity index (χ1n) is 7.36. The van der Waals surface area contributed by atoms with E-state index in [0.29, 0.717) is 43.3 Å². The first-order valence-corrected chi connectivity index (χ1v) is 8.85. The number of piperidine rings is 1.